The fourth-order valence-corrected chi connectivity index (χ4v) is 3.78. The second-order valence-electron chi connectivity index (χ2n) is 7.06. The minimum Gasteiger partial charge on any atom is -0.351 e. The Morgan fingerprint density at radius 1 is 1.05 bits per heavy atom. The second-order valence-corrected chi connectivity index (χ2v) is 7.06. The highest BCUT2D eigenvalue weighted by atomic mass is 16.7. The summed E-state index contributed by atoms with van der Waals surface area (Å²) in [4.78, 5) is 0. The Morgan fingerprint density at radius 3 is 2.24 bits per heavy atom. The standard InChI is InChI=1S/C18H31NO2/c1-3-5-11-18(12-19)13-20-17(21-14-18)16-9-7-15(6-4-2)8-10-16/h15-17H,3-11,13-14H2,1-2H3/t15-,16-,17-,18+. The zero-order valence-electron chi connectivity index (χ0n) is 13.8. The maximum absolute atomic E-state index is 9.45. The van der Waals surface area contributed by atoms with Crippen LogP contribution in [-0.4, -0.2) is 19.5 Å². The largest absolute Gasteiger partial charge is 0.351 e. The molecule has 0 amide bonds. The summed E-state index contributed by atoms with van der Waals surface area (Å²) < 4.78 is 11.9. The van der Waals surface area contributed by atoms with Crippen molar-refractivity contribution in [3.05, 3.63) is 0 Å². The summed E-state index contributed by atoms with van der Waals surface area (Å²) >= 11 is 0. The predicted molar refractivity (Wildman–Crippen MR) is 83.6 cm³/mol. The number of ether oxygens (including phenoxy) is 2. The van der Waals surface area contributed by atoms with Gasteiger partial charge in [-0.15, -0.1) is 0 Å². The van der Waals surface area contributed by atoms with Gasteiger partial charge in [0.05, 0.1) is 19.3 Å². The van der Waals surface area contributed by atoms with E-state index in [1.807, 2.05) is 0 Å². The molecule has 2 aliphatic rings. The monoisotopic (exact) mass is 293 g/mol. The summed E-state index contributed by atoms with van der Waals surface area (Å²) in [5, 5.41) is 9.45. The normalized spacial score (nSPS) is 37.1. The lowest BCUT2D eigenvalue weighted by molar-refractivity contribution is -0.244. The minimum absolute atomic E-state index is 0.0596. The van der Waals surface area contributed by atoms with Gasteiger partial charge >= 0.3 is 0 Å². The van der Waals surface area contributed by atoms with E-state index in [2.05, 4.69) is 19.9 Å². The van der Waals surface area contributed by atoms with Crippen LogP contribution < -0.4 is 0 Å². The van der Waals surface area contributed by atoms with Gasteiger partial charge in [-0.3, -0.25) is 0 Å². The molecule has 0 spiro atoms. The number of nitriles is 1. The van der Waals surface area contributed by atoms with Gasteiger partial charge in [0.25, 0.3) is 0 Å². The molecule has 0 aromatic carbocycles. The first-order valence-electron chi connectivity index (χ1n) is 8.87. The van der Waals surface area contributed by atoms with Crippen LogP contribution in [0, 0.1) is 28.6 Å². The Bertz CT molecular complexity index is 334. The highest BCUT2D eigenvalue weighted by molar-refractivity contribution is 5.00. The van der Waals surface area contributed by atoms with E-state index in [9.17, 15) is 5.26 Å². The lowest BCUT2D eigenvalue weighted by Crippen LogP contribution is -2.44. The fourth-order valence-electron chi connectivity index (χ4n) is 3.78. The average Bonchev–Trinajstić information content (AvgIpc) is 2.55. The molecule has 0 radical (unpaired) electrons. The molecule has 0 bridgehead atoms. The molecular formula is C18H31NO2. The van der Waals surface area contributed by atoms with Crippen molar-refractivity contribution in [2.75, 3.05) is 13.2 Å². The van der Waals surface area contributed by atoms with Crippen LogP contribution in [0.15, 0.2) is 0 Å². The lowest BCUT2D eigenvalue weighted by Gasteiger charge is -2.40. The first-order valence-corrected chi connectivity index (χ1v) is 8.87. The van der Waals surface area contributed by atoms with Crippen molar-refractivity contribution in [3.8, 4) is 6.07 Å². The summed E-state index contributed by atoms with van der Waals surface area (Å²) in [5.74, 6) is 1.46. The summed E-state index contributed by atoms with van der Waals surface area (Å²) in [7, 11) is 0. The van der Waals surface area contributed by atoms with E-state index in [4.69, 9.17) is 9.47 Å². The van der Waals surface area contributed by atoms with E-state index in [0.717, 1.165) is 25.2 Å². The van der Waals surface area contributed by atoms with Gasteiger partial charge in [0.15, 0.2) is 6.29 Å². The second kappa shape index (κ2) is 8.15. The van der Waals surface area contributed by atoms with Crippen LogP contribution in [0.5, 0.6) is 0 Å². The van der Waals surface area contributed by atoms with Gasteiger partial charge in [-0.1, -0.05) is 39.5 Å². The molecule has 120 valence electrons. The van der Waals surface area contributed by atoms with E-state index < -0.39 is 5.41 Å². The Labute approximate surface area is 130 Å². The van der Waals surface area contributed by atoms with Crippen LogP contribution >= 0.6 is 0 Å². The molecule has 1 saturated carbocycles. The van der Waals surface area contributed by atoms with Gasteiger partial charge in [0, 0.05) is 5.92 Å². The molecule has 2 rings (SSSR count). The highest BCUT2D eigenvalue weighted by Crippen LogP contribution is 2.38. The predicted octanol–water partition coefficient (Wildman–Crippen LogP) is 4.67. The van der Waals surface area contributed by atoms with Gasteiger partial charge in [0.1, 0.15) is 5.41 Å². The molecule has 21 heavy (non-hydrogen) atoms. The molecule has 1 aliphatic carbocycles. The smallest absolute Gasteiger partial charge is 0.160 e. The maximum atomic E-state index is 9.45. The SMILES string of the molecule is CCCC[C@]1(C#N)CO[C@@H]([C@H]2CC[C@H](CCC)CC2)OC1. The quantitative estimate of drug-likeness (QED) is 0.715. The van der Waals surface area contributed by atoms with E-state index in [1.165, 1.54) is 38.5 Å². The third-order valence-electron chi connectivity index (χ3n) is 5.27. The van der Waals surface area contributed by atoms with Crippen molar-refractivity contribution >= 4 is 0 Å². The van der Waals surface area contributed by atoms with Crippen LogP contribution in [-0.2, 0) is 9.47 Å². The van der Waals surface area contributed by atoms with Gasteiger partial charge in [-0.25, -0.2) is 0 Å². The zero-order valence-corrected chi connectivity index (χ0v) is 13.8. The third kappa shape index (κ3) is 4.44. The number of rotatable bonds is 6. The Morgan fingerprint density at radius 2 is 1.71 bits per heavy atom. The van der Waals surface area contributed by atoms with E-state index in [1.54, 1.807) is 0 Å². The molecule has 2 fully saturated rings. The van der Waals surface area contributed by atoms with Crippen LogP contribution in [0.2, 0.25) is 0 Å². The van der Waals surface area contributed by atoms with Crippen molar-refractivity contribution < 1.29 is 9.47 Å². The molecule has 0 N–H and O–H groups in total. The Kier molecular flexibility index (Phi) is 6.51. The van der Waals surface area contributed by atoms with Gasteiger partial charge in [0.2, 0.25) is 0 Å². The molecule has 0 unspecified atom stereocenters. The van der Waals surface area contributed by atoms with E-state index in [0.29, 0.717) is 19.1 Å². The molecule has 3 nitrogen and oxygen atoms in total. The summed E-state index contributed by atoms with van der Waals surface area (Å²) in [6.45, 7) is 5.55. The fraction of sp³-hybridized carbons (Fsp3) is 0.944. The molecule has 0 aromatic rings. The molecule has 0 aromatic heterocycles. The maximum Gasteiger partial charge on any atom is 0.160 e. The van der Waals surface area contributed by atoms with Crippen LogP contribution in [0.1, 0.15) is 71.6 Å². The number of unbranched alkanes of at least 4 members (excludes halogenated alkanes) is 1. The van der Waals surface area contributed by atoms with Crippen molar-refractivity contribution in [2.24, 2.45) is 17.3 Å². The summed E-state index contributed by atoms with van der Waals surface area (Å²) in [6.07, 6.45) is 10.8. The van der Waals surface area contributed by atoms with Crippen molar-refractivity contribution in [3.63, 3.8) is 0 Å². The number of hydrogen-bond acceptors (Lipinski definition) is 3. The van der Waals surface area contributed by atoms with Gasteiger partial charge < -0.3 is 9.47 Å². The summed E-state index contributed by atoms with van der Waals surface area (Å²) in [6, 6.07) is 2.45. The number of nitrogens with zero attached hydrogens (tertiary/aromatic N) is 1. The Hall–Kier alpha value is -0.590. The first kappa shape index (κ1) is 16.8. The molecular weight excluding hydrogens is 262 g/mol. The Balaban J connectivity index is 1.78. The van der Waals surface area contributed by atoms with Gasteiger partial charge in [-0.2, -0.15) is 5.26 Å². The third-order valence-corrected chi connectivity index (χ3v) is 5.27. The molecule has 1 aliphatic heterocycles. The lowest BCUT2D eigenvalue weighted by atomic mass is 9.79. The average molecular weight is 293 g/mol. The van der Waals surface area contributed by atoms with Crippen molar-refractivity contribution in [2.45, 2.75) is 77.9 Å². The van der Waals surface area contributed by atoms with Crippen LogP contribution in [0.25, 0.3) is 0 Å². The molecule has 3 heteroatoms. The van der Waals surface area contributed by atoms with Crippen LogP contribution in [0.4, 0.5) is 0 Å². The highest BCUT2D eigenvalue weighted by Gasteiger charge is 2.40. The number of hydrogen-bond donors (Lipinski definition) is 0. The molecule has 0 atom stereocenters. The van der Waals surface area contributed by atoms with E-state index in [-0.39, 0.29) is 6.29 Å². The van der Waals surface area contributed by atoms with Crippen molar-refractivity contribution in [1.82, 2.24) is 0 Å². The minimum atomic E-state index is -0.397. The topological polar surface area (TPSA) is 42.2 Å². The zero-order chi connectivity index (χ0) is 15.1. The first-order chi connectivity index (χ1) is 10.2. The molecule has 1 saturated heterocycles. The molecule has 1 heterocycles. The van der Waals surface area contributed by atoms with Crippen LogP contribution in [0.3, 0.4) is 0 Å². The van der Waals surface area contributed by atoms with E-state index >= 15 is 0 Å². The van der Waals surface area contributed by atoms with Gasteiger partial charge in [-0.05, 0) is 38.0 Å². The summed E-state index contributed by atoms with van der Waals surface area (Å²) in [5.41, 5.74) is -0.397. The van der Waals surface area contributed by atoms with Crippen molar-refractivity contribution in [1.29, 1.82) is 5.26 Å².